The summed E-state index contributed by atoms with van der Waals surface area (Å²) in [5.74, 6) is 0. The van der Waals surface area contributed by atoms with Gasteiger partial charge in [0.25, 0.3) is 0 Å². The van der Waals surface area contributed by atoms with Gasteiger partial charge in [0.05, 0.1) is 6.10 Å². The molecule has 0 aliphatic rings. The molecule has 0 aromatic carbocycles. The summed E-state index contributed by atoms with van der Waals surface area (Å²) in [7, 11) is 1.71. The Kier molecular flexibility index (Phi) is 9.35. The first kappa shape index (κ1) is 13.9. The van der Waals surface area contributed by atoms with Crippen LogP contribution in [0, 0.1) is 0 Å². The first-order valence-electron chi connectivity index (χ1n) is 5.70. The van der Waals surface area contributed by atoms with E-state index in [2.05, 4.69) is 19.2 Å². The SMILES string of the molecule is CCCCCC(C)NCC(CN)OC. The molecule has 0 heterocycles. The number of methoxy groups -OCH3 is 1. The van der Waals surface area contributed by atoms with E-state index < -0.39 is 0 Å². The van der Waals surface area contributed by atoms with E-state index in [1.165, 1.54) is 25.7 Å². The predicted molar refractivity (Wildman–Crippen MR) is 61.5 cm³/mol. The summed E-state index contributed by atoms with van der Waals surface area (Å²) in [6.45, 7) is 5.90. The van der Waals surface area contributed by atoms with Crippen LogP contribution in [-0.4, -0.2) is 32.3 Å². The topological polar surface area (TPSA) is 47.3 Å². The van der Waals surface area contributed by atoms with E-state index in [1.54, 1.807) is 7.11 Å². The molecule has 0 radical (unpaired) electrons. The highest BCUT2D eigenvalue weighted by atomic mass is 16.5. The molecule has 3 heteroatoms. The van der Waals surface area contributed by atoms with E-state index in [-0.39, 0.29) is 6.10 Å². The van der Waals surface area contributed by atoms with Crippen molar-refractivity contribution in [1.29, 1.82) is 0 Å². The Morgan fingerprint density at radius 3 is 2.57 bits per heavy atom. The van der Waals surface area contributed by atoms with Crippen LogP contribution in [-0.2, 0) is 4.74 Å². The van der Waals surface area contributed by atoms with Crippen molar-refractivity contribution < 1.29 is 4.74 Å². The predicted octanol–water partition coefficient (Wildman–Crippen LogP) is 1.52. The van der Waals surface area contributed by atoms with Gasteiger partial charge in [-0.2, -0.15) is 0 Å². The molecule has 0 saturated heterocycles. The van der Waals surface area contributed by atoms with Crippen molar-refractivity contribution in [2.24, 2.45) is 5.73 Å². The number of rotatable bonds is 9. The van der Waals surface area contributed by atoms with Crippen LogP contribution < -0.4 is 11.1 Å². The van der Waals surface area contributed by atoms with Crippen LogP contribution in [0.4, 0.5) is 0 Å². The van der Waals surface area contributed by atoms with Gasteiger partial charge < -0.3 is 15.8 Å². The number of hydrogen-bond acceptors (Lipinski definition) is 3. The van der Waals surface area contributed by atoms with Crippen molar-refractivity contribution in [3.8, 4) is 0 Å². The van der Waals surface area contributed by atoms with E-state index in [1.807, 2.05) is 0 Å². The largest absolute Gasteiger partial charge is 0.379 e. The highest BCUT2D eigenvalue weighted by Crippen LogP contribution is 2.02. The molecule has 0 fully saturated rings. The van der Waals surface area contributed by atoms with Gasteiger partial charge in [0.1, 0.15) is 0 Å². The van der Waals surface area contributed by atoms with Crippen LogP contribution in [0.5, 0.6) is 0 Å². The lowest BCUT2D eigenvalue weighted by atomic mass is 10.1. The first-order valence-corrected chi connectivity index (χ1v) is 5.70. The smallest absolute Gasteiger partial charge is 0.0817 e. The maximum absolute atomic E-state index is 5.53. The number of nitrogens with two attached hydrogens (primary N) is 1. The monoisotopic (exact) mass is 202 g/mol. The molecule has 0 spiro atoms. The van der Waals surface area contributed by atoms with Crippen LogP contribution >= 0.6 is 0 Å². The molecule has 3 nitrogen and oxygen atoms in total. The van der Waals surface area contributed by atoms with Crippen LogP contribution in [0.2, 0.25) is 0 Å². The maximum Gasteiger partial charge on any atom is 0.0817 e. The fourth-order valence-corrected chi connectivity index (χ4v) is 1.40. The summed E-state index contributed by atoms with van der Waals surface area (Å²) in [6.07, 6.45) is 5.33. The Bertz CT molecular complexity index is 116. The van der Waals surface area contributed by atoms with Crippen molar-refractivity contribution in [3.63, 3.8) is 0 Å². The van der Waals surface area contributed by atoms with Crippen LogP contribution in [0.1, 0.15) is 39.5 Å². The summed E-state index contributed by atoms with van der Waals surface area (Å²) >= 11 is 0. The van der Waals surface area contributed by atoms with Crippen molar-refractivity contribution in [3.05, 3.63) is 0 Å². The fraction of sp³-hybridized carbons (Fsp3) is 1.00. The maximum atomic E-state index is 5.53. The summed E-state index contributed by atoms with van der Waals surface area (Å²) in [5.41, 5.74) is 5.53. The van der Waals surface area contributed by atoms with Crippen molar-refractivity contribution in [2.45, 2.75) is 51.7 Å². The lowest BCUT2D eigenvalue weighted by Crippen LogP contribution is -2.38. The molecule has 2 atom stereocenters. The molecule has 14 heavy (non-hydrogen) atoms. The zero-order valence-corrected chi connectivity index (χ0v) is 9.88. The molecule has 3 N–H and O–H groups in total. The molecular weight excluding hydrogens is 176 g/mol. The Hall–Kier alpha value is -0.120. The molecule has 0 aromatic rings. The van der Waals surface area contributed by atoms with Crippen LogP contribution in [0.25, 0.3) is 0 Å². The van der Waals surface area contributed by atoms with Crippen molar-refractivity contribution in [1.82, 2.24) is 5.32 Å². The first-order chi connectivity index (χ1) is 6.74. The number of hydrogen-bond donors (Lipinski definition) is 2. The third-order valence-corrected chi connectivity index (χ3v) is 2.53. The molecule has 0 bridgehead atoms. The molecule has 86 valence electrons. The standard InChI is InChI=1S/C11H26N2O/c1-4-5-6-7-10(2)13-9-11(8-12)14-3/h10-11,13H,4-9,12H2,1-3H3. The third-order valence-electron chi connectivity index (χ3n) is 2.53. The van der Waals surface area contributed by atoms with Gasteiger partial charge in [0, 0.05) is 26.2 Å². The van der Waals surface area contributed by atoms with Gasteiger partial charge >= 0.3 is 0 Å². The lowest BCUT2D eigenvalue weighted by molar-refractivity contribution is 0.106. The Morgan fingerprint density at radius 2 is 2.07 bits per heavy atom. The third kappa shape index (κ3) is 7.30. The van der Waals surface area contributed by atoms with E-state index >= 15 is 0 Å². The Morgan fingerprint density at radius 1 is 1.36 bits per heavy atom. The number of nitrogens with one attached hydrogen (secondary N) is 1. The zero-order valence-electron chi connectivity index (χ0n) is 9.88. The molecule has 2 unspecified atom stereocenters. The van der Waals surface area contributed by atoms with Gasteiger partial charge in [-0.1, -0.05) is 26.2 Å². The highest BCUT2D eigenvalue weighted by Gasteiger charge is 2.06. The van der Waals surface area contributed by atoms with Gasteiger partial charge in [-0.25, -0.2) is 0 Å². The van der Waals surface area contributed by atoms with Gasteiger partial charge in [-0.3, -0.25) is 0 Å². The minimum Gasteiger partial charge on any atom is -0.379 e. The molecule has 0 aliphatic carbocycles. The summed E-state index contributed by atoms with van der Waals surface area (Å²) in [4.78, 5) is 0. The van der Waals surface area contributed by atoms with Gasteiger partial charge in [-0.05, 0) is 13.3 Å². The van der Waals surface area contributed by atoms with E-state index in [4.69, 9.17) is 10.5 Å². The van der Waals surface area contributed by atoms with Gasteiger partial charge in [-0.15, -0.1) is 0 Å². The molecule has 0 saturated carbocycles. The quantitative estimate of drug-likeness (QED) is 0.557. The lowest BCUT2D eigenvalue weighted by Gasteiger charge is -2.18. The van der Waals surface area contributed by atoms with Crippen LogP contribution in [0.3, 0.4) is 0 Å². The second kappa shape index (κ2) is 9.44. The number of unbranched alkanes of at least 4 members (excludes halogenated alkanes) is 2. The Balaban J connectivity index is 3.37. The van der Waals surface area contributed by atoms with Gasteiger partial charge in [0.15, 0.2) is 0 Å². The summed E-state index contributed by atoms with van der Waals surface area (Å²) < 4.78 is 5.19. The van der Waals surface area contributed by atoms with Gasteiger partial charge in [0.2, 0.25) is 0 Å². The average molecular weight is 202 g/mol. The summed E-state index contributed by atoms with van der Waals surface area (Å²) in [6, 6.07) is 0.575. The van der Waals surface area contributed by atoms with Crippen molar-refractivity contribution >= 4 is 0 Å². The molecule has 0 rings (SSSR count). The van der Waals surface area contributed by atoms with E-state index in [0.29, 0.717) is 12.6 Å². The minimum atomic E-state index is 0.156. The number of ether oxygens (including phenoxy) is 1. The zero-order chi connectivity index (χ0) is 10.8. The Labute approximate surface area is 88.4 Å². The average Bonchev–Trinajstić information content (AvgIpc) is 2.20. The fourth-order valence-electron chi connectivity index (χ4n) is 1.40. The van der Waals surface area contributed by atoms with E-state index in [9.17, 15) is 0 Å². The second-order valence-electron chi connectivity index (χ2n) is 3.90. The molecule has 0 amide bonds. The second-order valence-corrected chi connectivity index (χ2v) is 3.90. The summed E-state index contributed by atoms with van der Waals surface area (Å²) in [5, 5.41) is 3.44. The molecular formula is C11H26N2O. The van der Waals surface area contributed by atoms with Crippen LogP contribution in [0.15, 0.2) is 0 Å². The molecule has 0 aliphatic heterocycles. The minimum absolute atomic E-state index is 0.156. The highest BCUT2D eigenvalue weighted by molar-refractivity contribution is 4.66. The molecule has 0 aromatic heterocycles. The van der Waals surface area contributed by atoms with E-state index in [0.717, 1.165) is 6.54 Å². The van der Waals surface area contributed by atoms with Crippen molar-refractivity contribution in [2.75, 3.05) is 20.2 Å². The normalized spacial score (nSPS) is 15.4.